The summed E-state index contributed by atoms with van der Waals surface area (Å²) in [7, 11) is 0. The summed E-state index contributed by atoms with van der Waals surface area (Å²) in [6.45, 7) is 3.62. The first-order valence-electron chi connectivity index (χ1n) is 8.42. The minimum absolute atomic E-state index is 0.0170. The Morgan fingerprint density at radius 2 is 1.92 bits per heavy atom. The van der Waals surface area contributed by atoms with E-state index in [9.17, 15) is 4.79 Å². The Labute approximate surface area is 147 Å². The molecule has 0 saturated carbocycles. The third-order valence-electron chi connectivity index (χ3n) is 4.42. The number of nitrogens with zero attached hydrogens (tertiary/aromatic N) is 2. The highest BCUT2D eigenvalue weighted by Crippen LogP contribution is 2.26. The van der Waals surface area contributed by atoms with Crippen LogP contribution in [-0.2, 0) is 0 Å². The molecule has 4 nitrogen and oxygen atoms in total. The Morgan fingerprint density at radius 1 is 1.17 bits per heavy atom. The molecule has 0 spiro atoms. The lowest BCUT2D eigenvalue weighted by Gasteiger charge is -2.20. The maximum absolute atomic E-state index is 12.7. The van der Waals surface area contributed by atoms with E-state index >= 15 is 0 Å². The van der Waals surface area contributed by atoms with E-state index in [4.69, 9.17) is 11.6 Å². The van der Waals surface area contributed by atoms with Gasteiger partial charge in [0.1, 0.15) is 5.69 Å². The Balaban J connectivity index is 1.78. The zero-order valence-electron chi connectivity index (χ0n) is 13.9. The second-order valence-electron chi connectivity index (χ2n) is 6.17. The highest BCUT2D eigenvalue weighted by Gasteiger charge is 2.18. The number of rotatable bonds is 3. The normalized spacial score (nSPS) is 15.0. The van der Waals surface area contributed by atoms with Gasteiger partial charge in [-0.05, 0) is 49.6 Å². The molecular formula is C19H22ClN3O. The molecule has 2 aromatic rings. The van der Waals surface area contributed by atoms with E-state index < -0.39 is 0 Å². The number of benzene rings is 1. The Hall–Kier alpha value is -2.07. The zero-order valence-corrected chi connectivity index (χ0v) is 14.6. The molecule has 2 heterocycles. The maximum Gasteiger partial charge on any atom is 0.272 e. The number of carbonyl (C=O) groups excluding carboxylic acids is 1. The summed E-state index contributed by atoms with van der Waals surface area (Å²) in [5.41, 5.74) is 3.24. The molecule has 3 rings (SSSR count). The third kappa shape index (κ3) is 3.88. The molecule has 1 aliphatic rings. The van der Waals surface area contributed by atoms with Gasteiger partial charge < -0.3 is 10.2 Å². The number of hydrogen-bond acceptors (Lipinski definition) is 3. The molecule has 1 aromatic carbocycles. The molecule has 24 heavy (non-hydrogen) atoms. The predicted molar refractivity (Wildman–Crippen MR) is 98.1 cm³/mol. The van der Waals surface area contributed by atoms with Crippen molar-refractivity contribution in [2.45, 2.75) is 32.6 Å². The van der Waals surface area contributed by atoms with E-state index in [1.165, 1.54) is 12.8 Å². The molecule has 126 valence electrons. The number of hydrogen-bond donors (Lipinski definition) is 1. The van der Waals surface area contributed by atoms with Crippen LogP contribution in [0.3, 0.4) is 0 Å². The lowest BCUT2D eigenvalue weighted by molar-refractivity contribution is 0.0756. The molecule has 1 saturated heterocycles. The van der Waals surface area contributed by atoms with Crippen molar-refractivity contribution in [3.63, 3.8) is 0 Å². The number of nitrogens with one attached hydrogen (secondary N) is 1. The molecule has 1 aliphatic heterocycles. The molecule has 1 amide bonds. The molecule has 1 aromatic heterocycles. The first kappa shape index (κ1) is 16.8. The van der Waals surface area contributed by atoms with E-state index in [1.54, 1.807) is 6.20 Å². The molecule has 0 atom stereocenters. The van der Waals surface area contributed by atoms with Gasteiger partial charge in [-0.2, -0.15) is 0 Å². The molecule has 0 aliphatic carbocycles. The van der Waals surface area contributed by atoms with Crippen molar-refractivity contribution in [1.82, 2.24) is 9.88 Å². The van der Waals surface area contributed by atoms with E-state index in [1.807, 2.05) is 42.2 Å². The van der Waals surface area contributed by atoms with Crippen LogP contribution in [0, 0.1) is 6.92 Å². The van der Waals surface area contributed by atoms with Gasteiger partial charge in [-0.15, -0.1) is 0 Å². The molecule has 5 heteroatoms. The number of carbonyl (C=O) groups is 1. The number of amides is 1. The van der Waals surface area contributed by atoms with Crippen LogP contribution in [0.5, 0.6) is 0 Å². The van der Waals surface area contributed by atoms with Gasteiger partial charge in [0.15, 0.2) is 0 Å². The first-order valence-corrected chi connectivity index (χ1v) is 8.80. The summed E-state index contributed by atoms with van der Waals surface area (Å²) in [5, 5.41) is 4.05. The lowest BCUT2D eigenvalue weighted by atomic mass is 10.2. The SMILES string of the molecule is Cc1c(Cl)cccc1Nc1ccnc(C(=O)N2CCCCCC2)c1. The number of anilines is 2. The van der Waals surface area contributed by atoms with Gasteiger partial charge in [0.25, 0.3) is 5.91 Å². The summed E-state index contributed by atoms with van der Waals surface area (Å²) < 4.78 is 0. The van der Waals surface area contributed by atoms with E-state index in [0.29, 0.717) is 5.69 Å². The van der Waals surface area contributed by atoms with Crippen molar-refractivity contribution in [2.75, 3.05) is 18.4 Å². The van der Waals surface area contributed by atoms with Crippen LogP contribution in [0.4, 0.5) is 11.4 Å². The second-order valence-corrected chi connectivity index (χ2v) is 6.58. The fraction of sp³-hybridized carbons (Fsp3) is 0.368. The fourth-order valence-corrected chi connectivity index (χ4v) is 3.13. The van der Waals surface area contributed by atoms with Gasteiger partial charge in [-0.3, -0.25) is 9.78 Å². The average Bonchev–Trinajstić information content (AvgIpc) is 2.88. The summed E-state index contributed by atoms with van der Waals surface area (Å²) in [6.07, 6.45) is 6.23. The number of likely N-dealkylation sites (tertiary alicyclic amines) is 1. The van der Waals surface area contributed by atoms with Crippen LogP contribution in [0.15, 0.2) is 36.5 Å². The number of pyridine rings is 1. The van der Waals surface area contributed by atoms with Gasteiger partial charge in [0.2, 0.25) is 0 Å². The summed E-state index contributed by atoms with van der Waals surface area (Å²) in [6, 6.07) is 9.41. The third-order valence-corrected chi connectivity index (χ3v) is 4.83. The smallest absolute Gasteiger partial charge is 0.272 e. The topological polar surface area (TPSA) is 45.2 Å². The van der Waals surface area contributed by atoms with E-state index in [-0.39, 0.29) is 5.91 Å². The zero-order chi connectivity index (χ0) is 16.9. The van der Waals surface area contributed by atoms with Crippen molar-refractivity contribution in [1.29, 1.82) is 0 Å². The number of halogens is 1. The highest BCUT2D eigenvalue weighted by atomic mass is 35.5. The summed E-state index contributed by atoms with van der Waals surface area (Å²) in [4.78, 5) is 18.9. The van der Waals surface area contributed by atoms with Crippen molar-refractivity contribution < 1.29 is 4.79 Å². The van der Waals surface area contributed by atoms with Crippen molar-refractivity contribution in [2.24, 2.45) is 0 Å². The van der Waals surface area contributed by atoms with Gasteiger partial charge in [-0.25, -0.2) is 0 Å². The van der Waals surface area contributed by atoms with E-state index in [2.05, 4.69) is 10.3 Å². The average molecular weight is 344 g/mol. The predicted octanol–water partition coefficient (Wildman–Crippen LogP) is 4.80. The second kappa shape index (κ2) is 7.67. The first-order chi connectivity index (χ1) is 11.6. The Morgan fingerprint density at radius 3 is 2.67 bits per heavy atom. The van der Waals surface area contributed by atoms with Crippen molar-refractivity contribution in [3.05, 3.63) is 52.8 Å². The van der Waals surface area contributed by atoms with Crippen LogP contribution < -0.4 is 5.32 Å². The Kier molecular flexibility index (Phi) is 5.36. The quantitative estimate of drug-likeness (QED) is 0.870. The van der Waals surface area contributed by atoms with Crippen LogP contribution >= 0.6 is 11.6 Å². The number of aromatic nitrogens is 1. The molecular weight excluding hydrogens is 322 g/mol. The standard InChI is InChI=1S/C19H22ClN3O/c1-14-16(20)7-6-8-17(14)22-15-9-10-21-18(13-15)19(24)23-11-4-2-3-5-12-23/h6-10,13H,2-5,11-12H2,1H3,(H,21,22). The largest absolute Gasteiger partial charge is 0.355 e. The molecule has 1 fully saturated rings. The molecule has 0 radical (unpaired) electrons. The van der Waals surface area contributed by atoms with E-state index in [0.717, 1.165) is 47.9 Å². The van der Waals surface area contributed by atoms with Crippen molar-refractivity contribution >= 4 is 28.9 Å². The molecule has 0 bridgehead atoms. The summed E-state index contributed by atoms with van der Waals surface area (Å²) in [5.74, 6) is 0.0170. The maximum atomic E-state index is 12.7. The van der Waals surface area contributed by atoms with Gasteiger partial charge in [0, 0.05) is 35.7 Å². The molecule has 1 N–H and O–H groups in total. The van der Waals surface area contributed by atoms with Crippen LogP contribution in [0.25, 0.3) is 0 Å². The fourth-order valence-electron chi connectivity index (χ4n) is 2.96. The van der Waals surface area contributed by atoms with Gasteiger partial charge >= 0.3 is 0 Å². The monoisotopic (exact) mass is 343 g/mol. The molecule has 0 unspecified atom stereocenters. The van der Waals surface area contributed by atoms with Crippen LogP contribution in [-0.4, -0.2) is 28.9 Å². The van der Waals surface area contributed by atoms with Crippen molar-refractivity contribution in [3.8, 4) is 0 Å². The van der Waals surface area contributed by atoms with Crippen LogP contribution in [0.1, 0.15) is 41.7 Å². The Bertz CT molecular complexity index is 724. The summed E-state index contributed by atoms with van der Waals surface area (Å²) >= 11 is 6.17. The van der Waals surface area contributed by atoms with Gasteiger partial charge in [-0.1, -0.05) is 30.5 Å². The lowest BCUT2D eigenvalue weighted by Crippen LogP contribution is -2.32. The van der Waals surface area contributed by atoms with Gasteiger partial charge in [0.05, 0.1) is 0 Å². The minimum Gasteiger partial charge on any atom is -0.355 e. The van der Waals surface area contributed by atoms with Crippen LogP contribution in [0.2, 0.25) is 5.02 Å². The highest BCUT2D eigenvalue weighted by molar-refractivity contribution is 6.31. The minimum atomic E-state index is 0.0170.